The van der Waals surface area contributed by atoms with Gasteiger partial charge in [-0.2, -0.15) is 5.26 Å². The Morgan fingerprint density at radius 2 is 2.29 bits per heavy atom. The Kier molecular flexibility index (Phi) is 4.58. The van der Waals surface area contributed by atoms with E-state index in [-0.39, 0.29) is 6.61 Å². The van der Waals surface area contributed by atoms with Gasteiger partial charge in [-0.05, 0) is 23.8 Å². The molecule has 0 spiro atoms. The largest absolute Gasteiger partial charge is 0.545 e. The van der Waals surface area contributed by atoms with Crippen LogP contribution in [0.5, 0.6) is 11.5 Å². The van der Waals surface area contributed by atoms with Crippen LogP contribution in [0, 0.1) is 11.3 Å². The van der Waals surface area contributed by atoms with Crippen LogP contribution in [0.2, 0.25) is 0 Å². The minimum absolute atomic E-state index is 0.0788. The fraction of sp³-hybridized carbons (Fsp3) is 0.167. The molecule has 0 amide bonds. The number of nitrogens with zero attached hydrogens (tertiary/aromatic N) is 1. The zero-order valence-corrected chi connectivity index (χ0v) is 9.17. The molecule has 0 aliphatic rings. The first-order chi connectivity index (χ1) is 8.17. The number of carboxylic acids is 1. The molecule has 0 unspecified atom stereocenters. The third kappa shape index (κ3) is 3.87. The third-order valence-corrected chi connectivity index (χ3v) is 1.89. The molecule has 88 valence electrons. The fourth-order valence-corrected chi connectivity index (χ4v) is 1.18. The van der Waals surface area contributed by atoms with Gasteiger partial charge in [-0.3, -0.25) is 0 Å². The molecule has 0 atom stereocenters. The van der Waals surface area contributed by atoms with Gasteiger partial charge in [0.15, 0.2) is 18.1 Å². The molecule has 5 nitrogen and oxygen atoms in total. The van der Waals surface area contributed by atoms with Crippen LogP contribution in [0.1, 0.15) is 5.56 Å². The van der Waals surface area contributed by atoms with Crippen LogP contribution in [-0.2, 0) is 4.79 Å². The van der Waals surface area contributed by atoms with Gasteiger partial charge in [0.05, 0.1) is 13.1 Å². The summed E-state index contributed by atoms with van der Waals surface area (Å²) in [4.78, 5) is 10.2. The van der Waals surface area contributed by atoms with Gasteiger partial charge in [-0.15, -0.1) is 0 Å². The quantitative estimate of drug-likeness (QED) is 0.684. The molecule has 0 aromatic heterocycles. The Bertz CT molecular complexity index is 474. The minimum Gasteiger partial charge on any atom is -0.545 e. The Labute approximate surface area is 98.5 Å². The number of carbonyl (C=O) groups is 1. The lowest BCUT2D eigenvalue weighted by molar-refractivity contribution is -0.297. The van der Waals surface area contributed by atoms with E-state index in [2.05, 4.69) is 0 Å². The topological polar surface area (TPSA) is 82.4 Å². The maximum atomic E-state index is 10.2. The number of benzene rings is 1. The van der Waals surface area contributed by atoms with Gasteiger partial charge < -0.3 is 19.4 Å². The predicted octanol–water partition coefficient (Wildman–Crippen LogP) is 0.361. The molecule has 0 saturated heterocycles. The number of carbonyl (C=O) groups excluding carboxylic acids is 1. The average molecular weight is 232 g/mol. The van der Waals surface area contributed by atoms with Crippen LogP contribution in [0.3, 0.4) is 0 Å². The Hall–Kier alpha value is -2.48. The molecule has 0 radical (unpaired) electrons. The van der Waals surface area contributed by atoms with Crippen molar-refractivity contribution >= 4 is 12.0 Å². The Morgan fingerprint density at radius 1 is 1.53 bits per heavy atom. The van der Waals surface area contributed by atoms with E-state index < -0.39 is 5.97 Å². The second kappa shape index (κ2) is 6.18. The third-order valence-electron chi connectivity index (χ3n) is 1.89. The van der Waals surface area contributed by atoms with Crippen LogP contribution in [0.4, 0.5) is 0 Å². The van der Waals surface area contributed by atoms with Crippen molar-refractivity contribution in [3.8, 4) is 17.6 Å². The summed E-state index contributed by atoms with van der Waals surface area (Å²) in [6, 6.07) is 6.70. The number of aliphatic carboxylic acids is 1. The number of carboxylic acid groups (broad SMARTS) is 1. The number of nitriles is 1. The summed E-state index contributed by atoms with van der Waals surface area (Å²) in [5.41, 5.74) is 0.635. The van der Waals surface area contributed by atoms with Gasteiger partial charge in [-0.25, -0.2) is 0 Å². The SMILES string of the molecule is COc1cc(/C=C/C(=O)[O-])ccc1OCC#N. The number of hydrogen-bond acceptors (Lipinski definition) is 5. The van der Waals surface area contributed by atoms with Crippen molar-refractivity contribution < 1.29 is 19.4 Å². The molecular weight excluding hydrogens is 222 g/mol. The van der Waals surface area contributed by atoms with Crippen molar-refractivity contribution in [2.75, 3.05) is 13.7 Å². The lowest BCUT2D eigenvalue weighted by Crippen LogP contribution is -2.18. The van der Waals surface area contributed by atoms with E-state index in [1.54, 1.807) is 18.2 Å². The van der Waals surface area contributed by atoms with Crippen molar-refractivity contribution in [2.45, 2.75) is 0 Å². The second-order valence-corrected chi connectivity index (χ2v) is 3.01. The lowest BCUT2D eigenvalue weighted by Gasteiger charge is -2.08. The molecule has 0 N–H and O–H groups in total. The Balaban J connectivity index is 2.92. The molecule has 0 bridgehead atoms. The molecule has 1 aromatic carbocycles. The molecule has 0 aliphatic heterocycles. The molecular formula is C12H10NO4-. The standard InChI is InChI=1S/C12H11NO4/c1-16-11-8-9(3-5-12(14)15)2-4-10(11)17-7-6-13/h2-5,8H,7H2,1H3,(H,14,15)/p-1/b5-3+. The maximum absolute atomic E-state index is 10.2. The predicted molar refractivity (Wildman–Crippen MR) is 58.1 cm³/mol. The van der Waals surface area contributed by atoms with Crippen LogP contribution in [0.15, 0.2) is 24.3 Å². The van der Waals surface area contributed by atoms with Crippen molar-refractivity contribution in [3.63, 3.8) is 0 Å². The monoisotopic (exact) mass is 232 g/mol. The zero-order valence-electron chi connectivity index (χ0n) is 9.17. The van der Waals surface area contributed by atoms with Gasteiger partial charge in [0.1, 0.15) is 6.07 Å². The van der Waals surface area contributed by atoms with E-state index >= 15 is 0 Å². The highest BCUT2D eigenvalue weighted by atomic mass is 16.5. The molecule has 5 heteroatoms. The zero-order chi connectivity index (χ0) is 12.7. The summed E-state index contributed by atoms with van der Waals surface area (Å²) in [5.74, 6) is -0.408. The van der Waals surface area contributed by atoms with Crippen LogP contribution < -0.4 is 14.6 Å². The number of methoxy groups -OCH3 is 1. The molecule has 0 aliphatic carbocycles. The van der Waals surface area contributed by atoms with Crippen molar-refractivity contribution in [1.82, 2.24) is 0 Å². The van der Waals surface area contributed by atoms with Crippen LogP contribution in [0.25, 0.3) is 6.08 Å². The van der Waals surface area contributed by atoms with Crippen LogP contribution >= 0.6 is 0 Å². The molecule has 0 fully saturated rings. The van der Waals surface area contributed by atoms with E-state index in [0.29, 0.717) is 17.1 Å². The highest BCUT2D eigenvalue weighted by molar-refractivity contribution is 5.83. The van der Waals surface area contributed by atoms with Gasteiger partial charge in [0.2, 0.25) is 0 Å². The van der Waals surface area contributed by atoms with E-state index in [4.69, 9.17) is 14.7 Å². The summed E-state index contributed by atoms with van der Waals surface area (Å²) in [7, 11) is 1.46. The van der Waals surface area contributed by atoms with Gasteiger partial charge >= 0.3 is 0 Å². The first-order valence-electron chi connectivity index (χ1n) is 4.74. The highest BCUT2D eigenvalue weighted by Gasteiger charge is 2.04. The van der Waals surface area contributed by atoms with Gasteiger partial charge in [-0.1, -0.05) is 12.1 Å². The summed E-state index contributed by atoms with van der Waals surface area (Å²) >= 11 is 0. The summed E-state index contributed by atoms with van der Waals surface area (Å²) < 4.78 is 10.2. The number of rotatable bonds is 5. The first-order valence-corrected chi connectivity index (χ1v) is 4.74. The van der Waals surface area contributed by atoms with Gasteiger partial charge in [0, 0.05) is 0 Å². The maximum Gasteiger partial charge on any atom is 0.174 e. The van der Waals surface area contributed by atoms with Crippen molar-refractivity contribution in [2.24, 2.45) is 0 Å². The van der Waals surface area contributed by atoms with E-state index in [1.165, 1.54) is 13.2 Å². The average Bonchev–Trinajstić information content (AvgIpc) is 2.34. The molecule has 1 rings (SSSR count). The smallest absolute Gasteiger partial charge is 0.174 e. The number of hydrogen-bond donors (Lipinski definition) is 0. The van der Waals surface area contributed by atoms with E-state index in [9.17, 15) is 9.90 Å². The lowest BCUT2D eigenvalue weighted by atomic mass is 10.2. The second-order valence-electron chi connectivity index (χ2n) is 3.01. The number of ether oxygens (including phenoxy) is 2. The van der Waals surface area contributed by atoms with E-state index in [1.807, 2.05) is 6.07 Å². The summed E-state index contributed by atoms with van der Waals surface area (Å²) in [6.45, 7) is -0.0788. The minimum atomic E-state index is -1.27. The van der Waals surface area contributed by atoms with Crippen molar-refractivity contribution in [1.29, 1.82) is 5.26 Å². The van der Waals surface area contributed by atoms with Crippen LogP contribution in [-0.4, -0.2) is 19.7 Å². The highest BCUT2D eigenvalue weighted by Crippen LogP contribution is 2.28. The molecule has 0 saturated carbocycles. The van der Waals surface area contributed by atoms with Gasteiger partial charge in [0.25, 0.3) is 0 Å². The first kappa shape index (κ1) is 12.6. The Morgan fingerprint density at radius 3 is 2.88 bits per heavy atom. The molecule has 17 heavy (non-hydrogen) atoms. The normalized spacial score (nSPS) is 9.88. The molecule has 1 aromatic rings. The molecule has 0 heterocycles. The summed E-state index contributed by atoms with van der Waals surface area (Å²) in [5, 5.41) is 18.6. The van der Waals surface area contributed by atoms with E-state index in [0.717, 1.165) is 6.08 Å². The van der Waals surface area contributed by atoms with Crippen molar-refractivity contribution in [3.05, 3.63) is 29.8 Å². The summed E-state index contributed by atoms with van der Waals surface area (Å²) in [6.07, 6.45) is 2.30. The fourth-order valence-electron chi connectivity index (χ4n) is 1.18.